The highest BCUT2D eigenvalue weighted by atomic mass is 19.1. The number of aromatic amines is 1. The maximum Gasteiger partial charge on any atom is 0.305 e. The molecule has 0 aliphatic carbocycles. The molecule has 4 rings (SSSR count). The second-order valence-electron chi connectivity index (χ2n) is 11.4. The van der Waals surface area contributed by atoms with Crippen LogP contribution < -0.4 is 10.1 Å². The third kappa shape index (κ3) is 10.0. The lowest BCUT2D eigenvalue weighted by Crippen LogP contribution is -2.39. The van der Waals surface area contributed by atoms with Crippen molar-refractivity contribution in [2.75, 3.05) is 33.0 Å². The van der Waals surface area contributed by atoms with Gasteiger partial charge in [-0.15, -0.1) is 0 Å². The molecule has 0 atom stereocenters. The van der Waals surface area contributed by atoms with E-state index in [-0.39, 0.29) is 49.9 Å². The molecule has 0 aliphatic heterocycles. The standard InChI is InChI=1S/C35H38FN3O8/c1-23-4-9-30(36)25(13-23)15-27(43)14-24-5-7-28(8-6-24)47-29-10-12-37-32(17-29)31-16-26(18-39-31)34(45)38-11-2-3-33(44)46-22-35(19-40,20-41)21-42/h4-10,12-13,16-18,39-42H,2-3,11,14-15,19-22H2,1H3,(H,38,45). The third-order valence-electron chi connectivity index (χ3n) is 7.49. The van der Waals surface area contributed by atoms with Crippen molar-refractivity contribution < 1.29 is 43.6 Å². The Balaban J connectivity index is 1.24. The first-order valence-electron chi connectivity index (χ1n) is 15.1. The zero-order valence-corrected chi connectivity index (χ0v) is 26.0. The van der Waals surface area contributed by atoms with E-state index in [4.69, 9.17) is 9.47 Å². The Labute approximate surface area is 271 Å². The number of H-pyrrole nitrogens is 1. The number of aromatic nitrogens is 2. The summed E-state index contributed by atoms with van der Waals surface area (Å²) in [5, 5.41) is 30.7. The van der Waals surface area contributed by atoms with Crippen LogP contribution in [0, 0.1) is 18.2 Å². The molecule has 248 valence electrons. The van der Waals surface area contributed by atoms with Crippen molar-refractivity contribution >= 4 is 17.7 Å². The number of ether oxygens (including phenoxy) is 2. The number of esters is 1. The van der Waals surface area contributed by atoms with Crippen LogP contribution in [0.1, 0.15) is 39.9 Å². The highest BCUT2D eigenvalue weighted by Gasteiger charge is 2.30. The Kier molecular flexibility index (Phi) is 12.3. The fourth-order valence-corrected chi connectivity index (χ4v) is 4.58. The molecule has 2 aromatic carbocycles. The average molecular weight is 648 g/mol. The predicted octanol–water partition coefficient (Wildman–Crippen LogP) is 3.69. The summed E-state index contributed by atoms with van der Waals surface area (Å²) in [6.07, 6.45) is 3.62. The highest BCUT2D eigenvalue weighted by molar-refractivity contribution is 5.95. The maximum absolute atomic E-state index is 14.0. The van der Waals surface area contributed by atoms with Crippen LogP contribution in [0.3, 0.4) is 0 Å². The van der Waals surface area contributed by atoms with Crippen LogP contribution in [0.2, 0.25) is 0 Å². The first-order chi connectivity index (χ1) is 22.6. The predicted molar refractivity (Wildman–Crippen MR) is 170 cm³/mol. The molecule has 0 fully saturated rings. The Hall–Kier alpha value is -4.91. The number of rotatable bonds is 17. The Bertz CT molecular complexity index is 1660. The number of hydrogen-bond donors (Lipinski definition) is 5. The summed E-state index contributed by atoms with van der Waals surface area (Å²) in [6, 6.07) is 16.9. The molecule has 2 aromatic heterocycles. The van der Waals surface area contributed by atoms with E-state index in [2.05, 4.69) is 15.3 Å². The molecule has 0 aliphatic rings. The van der Waals surface area contributed by atoms with Gasteiger partial charge in [0.25, 0.3) is 5.91 Å². The van der Waals surface area contributed by atoms with Crippen molar-refractivity contribution in [2.45, 2.75) is 32.6 Å². The van der Waals surface area contributed by atoms with Gasteiger partial charge in [-0.05, 0) is 54.8 Å². The van der Waals surface area contributed by atoms with Gasteiger partial charge in [0.05, 0.1) is 42.2 Å². The fraction of sp³-hybridized carbons (Fsp3) is 0.314. The van der Waals surface area contributed by atoms with Crippen molar-refractivity contribution in [2.24, 2.45) is 5.41 Å². The lowest BCUT2D eigenvalue weighted by Gasteiger charge is -2.26. The van der Waals surface area contributed by atoms with Crippen molar-refractivity contribution in [3.63, 3.8) is 0 Å². The molecule has 0 saturated carbocycles. The number of benzene rings is 2. The Morgan fingerprint density at radius 2 is 1.68 bits per heavy atom. The van der Waals surface area contributed by atoms with Crippen molar-refractivity contribution in [1.29, 1.82) is 0 Å². The number of halogens is 1. The molecular weight excluding hydrogens is 609 g/mol. The molecular formula is C35H38FN3O8. The number of carbonyl (C=O) groups is 3. The number of ketones is 1. The largest absolute Gasteiger partial charge is 0.465 e. The molecule has 0 radical (unpaired) electrons. The minimum atomic E-state index is -1.29. The van der Waals surface area contributed by atoms with E-state index < -0.39 is 31.2 Å². The number of Topliss-reactive ketones (excluding diaryl/α,β-unsaturated/α-hetero) is 1. The number of amides is 1. The zero-order valence-electron chi connectivity index (χ0n) is 26.0. The second-order valence-corrected chi connectivity index (χ2v) is 11.4. The van der Waals surface area contributed by atoms with Crippen molar-refractivity contribution in [1.82, 2.24) is 15.3 Å². The topological polar surface area (TPSA) is 171 Å². The molecule has 2 heterocycles. The maximum atomic E-state index is 14.0. The Morgan fingerprint density at radius 3 is 2.40 bits per heavy atom. The SMILES string of the molecule is Cc1ccc(F)c(CC(=O)Cc2ccc(Oc3ccnc(-c4cc(C(=O)NCCCC(=O)OCC(CO)(CO)CO)c[nH]4)c3)cc2)c1. The van der Waals surface area contributed by atoms with Crippen LogP contribution in [0.5, 0.6) is 11.5 Å². The summed E-state index contributed by atoms with van der Waals surface area (Å²) in [5.41, 5.74) is 2.27. The van der Waals surface area contributed by atoms with Crippen LogP contribution in [-0.4, -0.2) is 75.9 Å². The number of hydrogen-bond acceptors (Lipinski definition) is 9. The lowest BCUT2D eigenvalue weighted by atomic mass is 9.93. The number of pyridine rings is 1. The number of nitrogens with zero attached hydrogens (tertiary/aromatic N) is 1. The highest BCUT2D eigenvalue weighted by Crippen LogP contribution is 2.26. The number of nitrogens with one attached hydrogen (secondary N) is 2. The summed E-state index contributed by atoms with van der Waals surface area (Å²) in [5.74, 6) is -0.345. The third-order valence-corrected chi connectivity index (χ3v) is 7.49. The molecule has 0 saturated heterocycles. The fourth-order valence-electron chi connectivity index (χ4n) is 4.58. The monoisotopic (exact) mass is 647 g/mol. The second kappa shape index (κ2) is 16.6. The van der Waals surface area contributed by atoms with E-state index in [9.17, 15) is 34.1 Å². The molecule has 12 heteroatoms. The van der Waals surface area contributed by atoms with E-state index in [0.717, 1.165) is 11.1 Å². The lowest BCUT2D eigenvalue weighted by molar-refractivity contribution is -0.151. The minimum Gasteiger partial charge on any atom is -0.465 e. The molecule has 1 amide bonds. The van der Waals surface area contributed by atoms with Crippen LogP contribution in [-0.2, 0) is 27.2 Å². The van der Waals surface area contributed by atoms with Gasteiger partial charge < -0.3 is 35.1 Å². The van der Waals surface area contributed by atoms with Gasteiger partial charge >= 0.3 is 5.97 Å². The van der Waals surface area contributed by atoms with E-state index in [0.29, 0.717) is 40.4 Å². The van der Waals surface area contributed by atoms with Gasteiger partial charge in [0.15, 0.2) is 0 Å². The molecule has 0 spiro atoms. The summed E-state index contributed by atoms with van der Waals surface area (Å²) in [7, 11) is 0. The smallest absolute Gasteiger partial charge is 0.305 e. The summed E-state index contributed by atoms with van der Waals surface area (Å²) < 4.78 is 25.0. The first kappa shape index (κ1) is 35.0. The molecule has 5 N–H and O–H groups in total. The summed E-state index contributed by atoms with van der Waals surface area (Å²) >= 11 is 0. The zero-order chi connectivity index (χ0) is 33.8. The number of carbonyl (C=O) groups excluding carboxylic acids is 3. The van der Waals surface area contributed by atoms with E-state index in [1.165, 1.54) is 6.07 Å². The van der Waals surface area contributed by atoms with E-state index in [1.54, 1.807) is 67.0 Å². The van der Waals surface area contributed by atoms with Gasteiger partial charge in [-0.2, -0.15) is 0 Å². The number of aliphatic hydroxyl groups excluding tert-OH is 3. The van der Waals surface area contributed by atoms with Crippen molar-refractivity contribution in [3.05, 3.63) is 101 Å². The quantitative estimate of drug-likeness (QED) is 0.0847. The summed E-state index contributed by atoms with van der Waals surface area (Å²) in [4.78, 5) is 44.5. The summed E-state index contributed by atoms with van der Waals surface area (Å²) in [6.45, 7) is 0.146. The van der Waals surface area contributed by atoms with Gasteiger partial charge in [0, 0.05) is 44.3 Å². The number of aryl methyl sites for hydroxylation is 1. The average Bonchev–Trinajstić information content (AvgIpc) is 3.58. The molecule has 0 unspecified atom stereocenters. The van der Waals surface area contributed by atoms with Crippen LogP contribution in [0.25, 0.3) is 11.4 Å². The van der Waals surface area contributed by atoms with Gasteiger partial charge in [-0.25, -0.2) is 4.39 Å². The van der Waals surface area contributed by atoms with Crippen LogP contribution in [0.4, 0.5) is 4.39 Å². The van der Waals surface area contributed by atoms with E-state index in [1.807, 2.05) is 6.92 Å². The molecule has 4 aromatic rings. The minimum absolute atomic E-state index is 0.00379. The van der Waals surface area contributed by atoms with Gasteiger partial charge in [-0.1, -0.05) is 29.8 Å². The van der Waals surface area contributed by atoms with Gasteiger partial charge in [-0.3, -0.25) is 19.4 Å². The molecule has 11 nitrogen and oxygen atoms in total. The van der Waals surface area contributed by atoms with Crippen LogP contribution in [0.15, 0.2) is 73.1 Å². The molecule has 0 bridgehead atoms. The first-order valence-corrected chi connectivity index (χ1v) is 15.1. The number of aliphatic hydroxyl groups is 3. The van der Waals surface area contributed by atoms with Gasteiger partial charge in [0.2, 0.25) is 0 Å². The van der Waals surface area contributed by atoms with Crippen LogP contribution >= 0.6 is 0 Å². The van der Waals surface area contributed by atoms with Gasteiger partial charge in [0.1, 0.15) is 29.7 Å². The Morgan fingerprint density at radius 1 is 0.936 bits per heavy atom. The molecule has 47 heavy (non-hydrogen) atoms. The van der Waals surface area contributed by atoms with E-state index >= 15 is 0 Å². The van der Waals surface area contributed by atoms with Crippen molar-refractivity contribution in [3.8, 4) is 22.9 Å². The normalized spacial score (nSPS) is 11.3.